The molecule has 1 atom stereocenters. The van der Waals surface area contributed by atoms with Crippen molar-refractivity contribution in [3.05, 3.63) is 29.8 Å². The Bertz CT molecular complexity index is 820. The van der Waals surface area contributed by atoms with E-state index < -0.39 is 10.0 Å². The zero-order valence-corrected chi connectivity index (χ0v) is 16.7. The number of fused-ring (bicyclic) bond motifs is 1. The Morgan fingerprint density at radius 3 is 2.93 bits per heavy atom. The molecular formula is C19H27N3O4S. The van der Waals surface area contributed by atoms with Gasteiger partial charge in [-0.05, 0) is 37.3 Å². The highest BCUT2D eigenvalue weighted by Gasteiger charge is 2.38. The first kappa shape index (κ1) is 19.8. The van der Waals surface area contributed by atoms with Crippen molar-refractivity contribution < 1.29 is 17.9 Å². The number of amides is 1. The van der Waals surface area contributed by atoms with Gasteiger partial charge in [-0.1, -0.05) is 26.0 Å². The second kappa shape index (κ2) is 8.39. The molecule has 1 fully saturated rings. The van der Waals surface area contributed by atoms with Crippen LogP contribution in [0.3, 0.4) is 0 Å². The number of nitrogens with one attached hydrogen (secondary N) is 1. The van der Waals surface area contributed by atoms with Crippen LogP contribution in [0.2, 0.25) is 0 Å². The van der Waals surface area contributed by atoms with Gasteiger partial charge in [-0.2, -0.15) is 8.42 Å². The summed E-state index contributed by atoms with van der Waals surface area (Å²) in [5, 5.41) is 2.95. The minimum absolute atomic E-state index is 0.0826. The summed E-state index contributed by atoms with van der Waals surface area (Å²) in [6.07, 6.45) is 2.27. The fraction of sp³-hybridized carbons (Fsp3) is 0.579. The van der Waals surface area contributed by atoms with E-state index in [1.165, 1.54) is 0 Å². The predicted molar refractivity (Wildman–Crippen MR) is 103 cm³/mol. The third kappa shape index (κ3) is 4.50. The summed E-state index contributed by atoms with van der Waals surface area (Å²) in [5.41, 5.74) is 0.583. The van der Waals surface area contributed by atoms with Gasteiger partial charge in [0.25, 0.3) is 10.0 Å². The van der Waals surface area contributed by atoms with Gasteiger partial charge in [0, 0.05) is 31.9 Å². The highest BCUT2D eigenvalue weighted by molar-refractivity contribution is 7.90. The molecule has 1 amide bonds. The number of ether oxygens (including phenoxy) is 1. The normalized spacial score (nSPS) is 20.6. The summed E-state index contributed by atoms with van der Waals surface area (Å²) in [6, 6.07) is 6.39. The minimum atomic E-state index is -3.68. The number of benzene rings is 1. The summed E-state index contributed by atoms with van der Waals surface area (Å²) in [4.78, 5) is 14.7. The van der Waals surface area contributed by atoms with Crippen LogP contribution in [0, 0.1) is 5.92 Å². The lowest BCUT2D eigenvalue weighted by Gasteiger charge is -2.25. The largest absolute Gasteiger partial charge is 0.381 e. The van der Waals surface area contributed by atoms with E-state index in [4.69, 9.17) is 4.74 Å². The van der Waals surface area contributed by atoms with Crippen LogP contribution in [0.4, 0.5) is 0 Å². The smallest absolute Gasteiger partial charge is 0.285 e. The molecule has 0 radical (unpaired) electrons. The number of likely N-dealkylation sites (tertiary alicyclic amines) is 1. The lowest BCUT2D eigenvalue weighted by molar-refractivity contribution is -0.124. The molecule has 1 N–H and O–H groups in total. The van der Waals surface area contributed by atoms with Gasteiger partial charge in [-0.25, -0.2) is 0 Å². The minimum Gasteiger partial charge on any atom is -0.381 e. The molecule has 0 saturated carbocycles. The summed E-state index contributed by atoms with van der Waals surface area (Å²) < 4.78 is 34.1. The van der Waals surface area contributed by atoms with Crippen LogP contribution in [0.25, 0.3) is 0 Å². The van der Waals surface area contributed by atoms with Crippen LogP contribution in [-0.4, -0.2) is 57.4 Å². The number of hydrogen-bond acceptors (Lipinski definition) is 5. The van der Waals surface area contributed by atoms with Crippen molar-refractivity contribution in [1.29, 1.82) is 0 Å². The second-order valence-electron chi connectivity index (χ2n) is 7.35. The molecule has 0 spiro atoms. The van der Waals surface area contributed by atoms with Crippen molar-refractivity contribution in [3.8, 4) is 0 Å². The van der Waals surface area contributed by atoms with Crippen molar-refractivity contribution in [1.82, 2.24) is 10.2 Å². The lowest BCUT2D eigenvalue weighted by atomic mass is 10.1. The molecule has 3 rings (SSSR count). The van der Waals surface area contributed by atoms with E-state index in [1.807, 2.05) is 4.90 Å². The number of rotatable bonds is 7. The fourth-order valence-corrected chi connectivity index (χ4v) is 4.63. The Morgan fingerprint density at radius 2 is 2.15 bits per heavy atom. The van der Waals surface area contributed by atoms with Crippen LogP contribution in [0.5, 0.6) is 0 Å². The maximum atomic E-state index is 12.6. The Hall–Kier alpha value is -1.93. The number of nitrogens with zero attached hydrogens (tertiary/aromatic N) is 2. The lowest BCUT2D eigenvalue weighted by Crippen LogP contribution is -2.46. The molecule has 2 aliphatic rings. The van der Waals surface area contributed by atoms with Crippen molar-refractivity contribution in [2.45, 2.75) is 44.0 Å². The molecule has 2 aliphatic heterocycles. The SMILES string of the molecule is CC(C)COCCCNC(=O)[C@@H]1CCCN1C1=NS(=O)(=O)c2ccccc21. The van der Waals surface area contributed by atoms with Gasteiger partial charge < -0.3 is 15.0 Å². The quantitative estimate of drug-likeness (QED) is 0.714. The topological polar surface area (TPSA) is 88.1 Å². The number of carbonyl (C=O) groups is 1. The molecule has 0 unspecified atom stereocenters. The highest BCUT2D eigenvalue weighted by Crippen LogP contribution is 2.31. The van der Waals surface area contributed by atoms with Gasteiger partial charge in [0.2, 0.25) is 5.91 Å². The Morgan fingerprint density at radius 1 is 1.37 bits per heavy atom. The van der Waals surface area contributed by atoms with Crippen LogP contribution in [-0.2, 0) is 19.6 Å². The monoisotopic (exact) mass is 393 g/mol. The number of sulfonamides is 1. The van der Waals surface area contributed by atoms with E-state index in [0.29, 0.717) is 43.4 Å². The maximum Gasteiger partial charge on any atom is 0.285 e. The van der Waals surface area contributed by atoms with Gasteiger partial charge in [-0.15, -0.1) is 4.40 Å². The Kier molecular flexibility index (Phi) is 6.16. The third-order valence-corrected chi connectivity index (χ3v) is 5.98. The summed E-state index contributed by atoms with van der Waals surface area (Å²) in [7, 11) is -3.68. The Labute approximate surface area is 160 Å². The van der Waals surface area contributed by atoms with E-state index in [9.17, 15) is 13.2 Å². The first-order valence-electron chi connectivity index (χ1n) is 9.46. The summed E-state index contributed by atoms with van der Waals surface area (Å²) in [6.45, 7) is 6.70. The van der Waals surface area contributed by atoms with Crippen LogP contribution in [0.1, 0.15) is 38.7 Å². The molecule has 27 heavy (non-hydrogen) atoms. The number of hydrogen-bond donors (Lipinski definition) is 1. The Balaban J connectivity index is 1.60. The maximum absolute atomic E-state index is 12.6. The molecular weight excluding hydrogens is 366 g/mol. The molecule has 148 valence electrons. The van der Waals surface area contributed by atoms with Gasteiger partial charge in [0.05, 0.1) is 0 Å². The third-order valence-electron chi connectivity index (χ3n) is 4.66. The summed E-state index contributed by atoms with van der Waals surface area (Å²) >= 11 is 0. The number of amidine groups is 1. The molecule has 1 aromatic rings. The number of carbonyl (C=O) groups excluding carboxylic acids is 1. The first-order chi connectivity index (χ1) is 12.9. The van der Waals surface area contributed by atoms with Crippen LogP contribution >= 0.6 is 0 Å². The zero-order chi connectivity index (χ0) is 19.4. The van der Waals surface area contributed by atoms with Gasteiger partial charge in [0.1, 0.15) is 10.9 Å². The fourth-order valence-electron chi connectivity index (χ4n) is 3.41. The molecule has 1 aromatic carbocycles. The van der Waals surface area contributed by atoms with Crippen LogP contribution < -0.4 is 5.32 Å². The standard InChI is InChI=1S/C19H27N3O4S/c1-14(2)13-26-12-6-10-20-19(23)16-8-5-11-22(16)18-15-7-3-4-9-17(15)27(24,25)21-18/h3-4,7,9,14,16H,5-6,8,10-13H2,1-2H3,(H,20,23)/t16-/m0/s1. The average molecular weight is 394 g/mol. The first-order valence-corrected chi connectivity index (χ1v) is 10.9. The average Bonchev–Trinajstić information content (AvgIpc) is 3.21. The van der Waals surface area contributed by atoms with Gasteiger partial charge in [0.15, 0.2) is 5.84 Å². The molecule has 2 heterocycles. The van der Waals surface area contributed by atoms with E-state index in [-0.39, 0.29) is 16.8 Å². The molecule has 0 bridgehead atoms. The van der Waals surface area contributed by atoms with Crippen molar-refractivity contribution in [3.63, 3.8) is 0 Å². The van der Waals surface area contributed by atoms with E-state index >= 15 is 0 Å². The second-order valence-corrected chi connectivity index (χ2v) is 8.92. The predicted octanol–water partition coefficient (Wildman–Crippen LogP) is 1.78. The molecule has 7 nitrogen and oxygen atoms in total. The molecule has 0 aromatic heterocycles. The summed E-state index contributed by atoms with van der Waals surface area (Å²) in [5.74, 6) is 0.808. The van der Waals surface area contributed by atoms with E-state index in [1.54, 1.807) is 24.3 Å². The van der Waals surface area contributed by atoms with E-state index in [2.05, 4.69) is 23.6 Å². The van der Waals surface area contributed by atoms with Crippen molar-refractivity contribution in [2.75, 3.05) is 26.3 Å². The van der Waals surface area contributed by atoms with Crippen LogP contribution in [0.15, 0.2) is 33.6 Å². The molecule has 0 aliphatic carbocycles. The van der Waals surface area contributed by atoms with Crippen molar-refractivity contribution >= 4 is 21.8 Å². The zero-order valence-electron chi connectivity index (χ0n) is 15.8. The molecule has 1 saturated heterocycles. The van der Waals surface area contributed by atoms with E-state index in [0.717, 1.165) is 19.4 Å². The van der Waals surface area contributed by atoms with Gasteiger partial charge in [-0.3, -0.25) is 4.79 Å². The molecule has 8 heteroatoms. The highest BCUT2D eigenvalue weighted by atomic mass is 32.2. The van der Waals surface area contributed by atoms with Gasteiger partial charge >= 0.3 is 0 Å². The van der Waals surface area contributed by atoms with Crippen molar-refractivity contribution in [2.24, 2.45) is 10.3 Å².